The van der Waals surface area contributed by atoms with Crippen molar-refractivity contribution in [2.24, 2.45) is 0 Å². The molecule has 38 heavy (non-hydrogen) atoms. The maximum absolute atomic E-state index is 14.0. The lowest BCUT2D eigenvalue weighted by atomic mass is 9.97. The van der Waals surface area contributed by atoms with Gasteiger partial charge < -0.3 is 10.1 Å². The number of nitrogens with zero attached hydrogens (tertiary/aromatic N) is 2. The van der Waals surface area contributed by atoms with E-state index in [1.807, 2.05) is 31.2 Å². The second-order valence-electron chi connectivity index (χ2n) is 8.97. The molecule has 4 aromatic rings. The Hall–Kier alpha value is -4.85. The first-order valence-electron chi connectivity index (χ1n) is 12.3. The van der Waals surface area contributed by atoms with Crippen molar-refractivity contribution >= 4 is 40.3 Å². The standard InChI is InChI=1S/C30H25N3O5/c1-3-19-13-15-21(16-14-19)27(38-18(2)34)26(33-29(36)22-10-4-5-11-23(22)30(33)37)28(35)32-24-12-6-8-20-9-7-17-31-25(20)24/h4-17,26-27H,3H2,1-2H3,(H,32,35)/t26-,27-/m0/s1. The van der Waals surface area contributed by atoms with Crippen LogP contribution < -0.4 is 5.32 Å². The van der Waals surface area contributed by atoms with E-state index >= 15 is 0 Å². The molecular weight excluding hydrogens is 482 g/mol. The number of aryl methyl sites for hydroxylation is 1. The third-order valence-corrected chi connectivity index (χ3v) is 6.56. The van der Waals surface area contributed by atoms with E-state index < -0.39 is 35.8 Å². The molecule has 3 aromatic carbocycles. The summed E-state index contributed by atoms with van der Waals surface area (Å²) in [6.07, 6.45) is 1.15. The highest BCUT2D eigenvalue weighted by Crippen LogP contribution is 2.34. The number of benzene rings is 3. The fraction of sp³-hybridized carbons (Fsp3) is 0.167. The van der Waals surface area contributed by atoms with Crippen LogP contribution in [0.5, 0.6) is 0 Å². The largest absolute Gasteiger partial charge is 0.455 e. The van der Waals surface area contributed by atoms with Crippen LogP contribution in [0, 0.1) is 0 Å². The molecule has 0 radical (unpaired) electrons. The van der Waals surface area contributed by atoms with Gasteiger partial charge in [-0.3, -0.25) is 29.1 Å². The van der Waals surface area contributed by atoms with Crippen molar-refractivity contribution in [1.82, 2.24) is 9.88 Å². The topological polar surface area (TPSA) is 106 Å². The number of fused-ring (bicyclic) bond motifs is 2. The minimum atomic E-state index is -1.49. The lowest BCUT2D eigenvalue weighted by Gasteiger charge is -2.32. The Labute approximate surface area is 219 Å². The molecule has 2 heterocycles. The number of anilines is 1. The van der Waals surface area contributed by atoms with E-state index in [2.05, 4.69) is 10.3 Å². The Bertz CT molecular complexity index is 1520. The van der Waals surface area contributed by atoms with Crippen LogP contribution in [-0.4, -0.2) is 39.6 Å². The third-order valence-electron chi connectivity index (χ3n) is 6.56. The Balaban J connectivity index is 1.62. The number of pyridine rings is 1. The van der Waals surface area contributed by atoms with Gasteiger partial charge in [0.05, 0.1) is 22.3 Å². The van der Waals surface area contributed by atoms with Gasteiger partial charge in [0.25, 0.3) is 17.7 Å². The summed E-state index contributed by atoms with van der Waals surface area (Å²) in [4.78, 5) is 58.6. The van der Waals surface area contributed by atoms with Gasteiger partial charge in [-0.1, -0.05) is 61.5 Å². The highest BCUT2D eigenvalue weighted by atomic mass is 16.5. The normalized spacial score (nSPS) is 14.2. The third kappa shape index (κ3) is 4.52. The molecule has 8 heteroatoms. The summed E-state index contributed by atoms with van der Waals surface area (Å²) >= 11 is 0. The summed E-state index contributed by atoms with van der Waals surface area (Å²) < 4.78 is 5.66. The molecule has 5 rings (SSSR count). The van der Waals surface area contributed by atoms with E-state index in [-0.39, 0.29) is 11.1 Å². The van der Waals surface area contributed by atoms with Crippen molar-refractivity contribution in [3.05, 3.63) is 107 Å². The van der Waals surface area contributed by atoms with Crippen molar-refractivity contribution in [3.63, 3.8) is 0 Å². The number of carbonyl (C=O) groups is 4. The number of nitrogens with one attached hydrogen (secondary N) is 1. The Morgan fingerprint density at radius 1 is 0.895 bits per heavy atom. The molecule has 0 saturated heterocycles. The van der Waals surface area contributed by atoms with E-state index in [0.717, 1.165) is 22.3 Å². The average Bonchev–Trinajstić information content (AvgIpc) is 3.18. The van der Waals surface area contributed by atoms with Gasteiger partial charge in [0.1, 0.15) is 0 Å². The van der Waals surface area contributed by atoms with Crippen LogP contribution in [0.15, 0.2) is 85.1 Å². The minimum Gasteiger partial charge on any atom is -0.455 e. The molecule has 0 spiro atoms. The number of ether oxygens (including phenoxy) is 1. The van der Waals surface area contributed by atoms with Gasteiger partial charge in [-0.2, -0.15) is 0 Å². The second kappa shape index (κ2) is 10.3. The first-order chi connectivity index (χ1) is 18.4. The maximum Gasteiger partial charge on any atom is 0.303 e. The summed E-state index contributed by atoms with van der Waals surface area (Å²) in [5.41, 5.74) is 2.83. The van der Waals surface area contributed by atoms with E-state index in [9.17, 15) is 19.2 Å². The number of aromatic nitrogens is 1. The summed E-state index contributed by atoms with van der Waals surface area (Å²) in [6.45, 7) is 3.23. The van der Waals surface area contributed by atoms with Crippen LogP contribution in [0.2, 0.25) is 0 Å². The molecule has 0 bridgehead atoms. The monoisotopic (exact) mass is 507 g/mol. The number of hydrogen-bond acceptors (Lipinski definition) is 6. The molecule has 1 aliphatic heterocycles. The summed E-state index contributed by atoms with van der Waals surface area (Å²) in [5.74, 6) is -2.62. The van der Waals surface area contributed by atoms with Crippen LogP contribution in [0.1, 0.15) is 51.8 Å². The number of rotatable bonds is 7. The van der Waals surface area contributed by atoms with Crippen LogP contribution in [0.25, 0.3) is 10.9 Å². The zero-order valence-electron chi connectivity index (χ0n) is 20.9. The quantitative estimate of drug-likeness (QED) is 0.287. The highest BCUT2D eigenvalue weighted by molar-refractivity contribution is 6.23. The molecule has 1 N–H and O–H groups in total. The van der Waals surface area contributed by atoms with Crippen LogP contribution in [-0.2, 0) is 20.7 Å². The predicted molar refractivity (Wildman–Crippen MR) is 141 cm³/mol. The molecule has 1 aromatic heterocycles. The van der Waals surface area contributed by atoms with Crippen molar-refractivity contribution in [1.29, 1.82) is 0 Å². The molecule has 190 valence electrons. The fourth-order valence-electron chi connectivity index (χ4n) is 4.70. The van der Waals surface area contributed by atoms with Crippen molar-refractivity contribution in [2.75, 3.05) is 5.32 Å². The lowest BCUT2D eigenvalue weighted by Crippen LogP contribution is -2.51. The second-order valence-corrected chi connectivity index (χ2v) is 8.97. The Kier molecular flexibility index (Phi) is 6.70. The molecule has 3 amide bonds. The molecule has 0 saturated carbocycles. The van der Waals surface area contributed by atoms with Gasteiger partial charge in [0.15, 0.2) is 12.1 Å². The molecule has 0 fully saturated rings. The summed E-state index contributed by atoms with van der Waals surface area (Å²) in [5, 5.41) is 3.64. The lowest BCUT2D eigenvalue weighted by molar-refractivity contribution is -0.151. The molecule has 0 aliphatic carbocycles. The SMILES string of the molecule is CCc1ccc([C@H](OC(C)=O)[C@@H](C(=O)Nc2cccc3cccnc23)N2C(=O)c3ccccc3C2=O)cc1. The number of imide groups is 1. The van der Waals surface area contributed by atoms with E-state index in [0.29, 0.717) is 16.8 Å². The number of amides is 3. The van der Waals surface area contributed by atoms with E-state index in [4.69, 9.17) is 4.74 Å². The molecular formula is C30H25N3O5. The van der Waals surface area contributed by atoms with Crippen LogP contribution >= 0.6 is 0 Å². The van der Waals surface area contributed by atoms with Gasteiger partial charge in [-0.15, -0.1) is 0 Å². The van der Waals surface area contributed by atoms with Gasteiger partial charge in [0.2, 0.25) is 0 Å². The average molecular weight is 508 g/mol. The van der Waals surface area contributed by atoms with Crippen molar-refractivity contribution in [2.45, 2.75) is 32.4 Å². The van der Waals surface area contributed by atoms with E-state index in [1.54, 1.807) is 48.7 Å². The zero-order valence-corrected chi connectivity index (χ0v) is 20.9. The minimum absolute atomic E-state index is 0.185. The molecule has 8 nitrogen and oxygen atoms in total. The van der Waals surface area contributed by atoms with Crippen LogP contribution in [0.4, 0.5) is 5.69 Å². The number of para-hydroxylation sites is 1. The maximum atomic E-state index is 14.0. The summed E-state index contributed by atoms with van der Waals surface area (Å²) in [7, 11) is 0. The van der Waals surface area contributed by atoms with Crippen molar-refractivity contribution in [3.8, 4) is 0 Å². The number of esters is 1. The van der Waals surface area contributed by atoms with E-state index in [1.165, 1.54) is 19.1 Å². The summed E-state index contributed by atoms with van der Waals surface area (Å²) in [6, 6.07) is 21.0. The molecule has 1 aliphatic rings. The zero-order chi connectivity index (χ0) is 26.8. The predicted octanol–water partition coefficient (Wildman–Crippen LogP) is 4.70. The molecule has 0 unspecified atom stereocenters. The van der Waals surface area contributed by atoms with Gasteiger partial charge in [-0.25, -0.2) is 0 Å². The van der Waals surface area contributed by atoms with Crippen molar-refractivity contribution < 1.29 is 23.9 Å². The van der Waals surface area contributed by atoms with Crippen LogP contribution in [0.3, 0.4) is 0 Å². The Morgan fingerprint density at radius 2 is 1.55 bits per heavy atom. The van der Waals surface area contributed by atoms with Gasteiger partial charge >= 0.3 is 5.97 Å². The fourth-order valence-corrected chi connectivity index (χ4v) is 4.70. The Morgan fingerprint density at radius 3 is 2.18 bits per heavy atom. The van der Waals surface area contributed by atoms with Gasteiger partial charge in [0, 0.05) is 18.5 Å². The smallest absolute Gasteiger partial charge is 0.303 e. The molecule has 2 atom stereocenters. The highest BCUT2D eigenvalue weighted by Gasteiger charge is 2.48. The first-order valence-corrected chi connectivity index (χ1v) is 12.3. The number of hydrogen-bond donors (Lipinski definition) is 1. The van der Waals surface area contributed by atoms with Gasteiger partial charge in [-0.05, 0) is 41.8 Å². The number of carbonyl (C=O) groups excluding carboxylic acids is 4. The first kappa shape index (κ1) is 24.8.